The summed E-state index contributed by atoms with van der Waals surface area (Å²) in [5.41, 5.74) is 0. The Morgan fingerprint density at radius 1 is 0.893 bits per heavy atom. The molecule has 0 aromatic carbocycles. The molecule has 0 saturated carbocycles. The van der Waals surface area contributed by atoms with Gasteiger partial charge in [0.2, 0.25) is 0 Å². The number of carboxylic acid groups (broad SMARTS) is 1. The molecule has 1 unspecified atom stereocenters. The minimum Gasteiger partial charge on any atom is -0.481 e. The van der Waals surface area contributed by atoms with Gasteiger partial charge in [-0.05, 0) is 12.8 Å². The van der Waals surface area contributed by atoms with Crippen LogP contribution in [0.2, 0.25) is 0 Å². The summed E-state index contributed by atoms with van der Waals surface area (Å²) in [7, 11) is 0. The third-order valence-corrected chi connectivity index (χ3v) is 6.04. The van der Waals surface area contributed by atoms with E-state index in [0.29, 0.717) is 0 Å². The van der Waals surface area contributed by atoms with Gasteiger partial charge in [0.05, 0.1) is 18.8 Å². The molecule has 1 N–H and O–H groups in total. The van der Waals surface area contributed by atoms with Crippen LogP contribution >= 0.6 is 0 Å². The summed E-state index contributed by atoms with van der Waals surface area (Å²) in [6, 6.07) is 0.116. The zero-order chi connectivity index (χ0) is 20.5. The molecule has 0 fully saturated rings. The molecule has 0 bridgehead atoms. The first kappa shape index (κ1) is 25.0. The van der Waals surface area contributed by atoms with Crippen molar-refractivity contribution < 1.29 is 9.90 Å². The first-order chi connectivity index (χ1) is 13.7. The Morgan fingerprint density at radius 2 is 1.39 bits per heavy atom. The van der Waals surface area contributed by atoms with Gasteiger partial charge in [0.1, 0.15) is 0 Å². The molecule has 4 nitrogen and oxygen atoms in total. The second-order valence-electron chi connectivity index (χ2n) is 8.50. The van der Waals surface area contributed by atoms with Gasteiger partial charge in [0.15, 0.2) is 0 Å². The number of aliphatic imine (C=N–C) groups is 1. The molecular weight excluding hydrogens is 348 g/mol. The van der Waals surface area contributed by atoms with Crippen LogP contribution in [0.3, 0.4) is 0 Å². The molecule has 0 spiro atoms. The van der Waals surface area contributed by atoms with Gasteiger partial charge in [-0.1, -0.05) is 97.3 Å². The molecule has 0 radical (unpaired) electrons. The molecule has 164 valence electrons. The first-order valence-corrected chi connectivity index (χ1v) is 12.2. The Morgan fingerprint density at radius 3 is 1.86 bits per heavy atom. The number of unbranched alkanes of at least 4 members (excludes halogenated alkanes) is 13. The Labute approximate surface area is 174 Å². The Hall–Kier alpha value is -1.06. The van der Waals surface area contributed by atoms with Gasteiger partial charge in [-0.25, -0.2) is 0 Å². The normalized spacial score (nSPS) is 15.1. The van der Waals surface area contributed by atoms with E-state index in [1.54, 1.807) is 0 Å². The fourth-order valence-electron chi connectivity index (χ4n) is 4.28. The van der Waals surface area contributed by atoms with Crippen molar-refractivity contribution in [3.05, 3.63) is 0 Å². The number of amidine groups is 1. The third kappa shape index (κ3) is 11.7. The van der Waals surface area contributed by atoms with Crippen LogP contribution in [0.25, 0.3) is 0 Å². The number of aliphatic carboxylic acids is 1. The lowest BCUT2D eigenvalue weighted by Gasteiger charge is -2.29. The molecule has 0 amide bonds. The second-order valence-corrected chi connectivity index (χ2v) is 8.50. The molecule has 0 aliphatic carbocycles. The predicted octanol–water partition coefficient (Wildman–Crippen LogP) is 6.83. The van der Waals surface area contributed by atoms with Crippen molar-refractivity contribution in [3.8, 4) is 0 Å². The van der Waals surface area contributed by atoms with Crippen molar-refractivity contribution in [1.82, 2.24) is 4.90 Å². The Balaban J connectivity index is 1.96. The molecule has 1 atom stereocenters. The standard InChI is InChI=1S/C24H46N2O2/c1-3-5-6-7-8-9-10-11-12-13-14-15-16-17-18-23-25-19-20-26(23)22(4-2)21-24(27)28/h22H,3-21H2,1-2H3,(H,27,28). The summed E-state index contributed by atoms with van der Waals surface area (Å²) in [5.74, 6) is 0.460. The van der Waals surface area contributed by atoms with Crippen molar-refractivity contribution >= 4 is 11.8 Å². The molecule has 0 aromatic heterocycles. The van der Waals surface area contributed by atoms with Gasteiger partial charge in [-0.3, -0.25) is 9.79 Å². The van der Waals surface area contributed by atoms with Gasteiger partial charge < -0.3 is 10.0 Å². The van der Waals surface area contributed by atoms with Crippen molar-refractivity contribution in [2.24, 2.45) is 4.99 Å². The van der Waals surface area contributed by atoms with Crippen molar-refractivity contribution in [2.45, 2.75) is 129 Å². The maximum Gasteiger partial charge on any atom is 0.305 e. The van der Waals surface area contributed by atoms with E-state index in [2.05, 4.69) is 23.7 Å². The lowest BCUT2D eigenvalue weighted by Crippen LogP contribution is -2.39. The fourth-order valence-corrected chi connectivity index (χ4v) is 4.28. The lowest BCUT2D eigenvalue weighted by atomic mass is 10.0. The summed E-state index contributed by atoms with van der Waals surface area (Å²) in [6.07, 6.45) is 21.4. The Bertz CT molecular complexity index is 423. The molecule has 1 heterocycles. The van der Waals surface area contributed by atoms with Crippen LogP contribution in [0.15, 0.2) is 4.99 Å². The molecule has 1 aliphatic rings. The van der Waals surface area contributed by atoms with Gasteiger partial charge in [0, 0.05) is 19.0 Å². The highest BCUT2D eigenvalue weighted by Gasteiger charge is 2.25. The van der Waals surface area contributed by atoms with Gasteiger partial charge in [-0.15, -0.1) is 0 Å². The molecule has 1 aliphatic heterocycles. The average molecular weight is 395 g/mol. The summed E-state index contributed by atoms with van der Waals surface area (Å²) in [6.45, 7) is 6.10. The monoisotopic (exact) mass is 394 g/mol. The zero-order valence-corrected chi connectivity index (χ0v) is 18.8. The summed E-state index contributed by atoms with van der Waals surface area (Å²) >= 11 is 0. The van der Waals surface area contributed by atoms with Gasteiger partial charge in [0.25, 0.3) is 0 Å². The van der Waals surface area contributed by atoms with Crippen molar-refractivity contribution in [2.75, 3.05) is 13.1 Å². The molecule has 1 rings (SSSR count). The Kier molecular flexibility index (Phi) is 15.0. The highest BCUT2D eigenvalue weighted by Crippen LogP contribution is 2.18. The second kappa shape index (κ2) is 16.9. The number of hydrogen-bond donors (Lipinski definition) is 1. The first-order valence-electron chi connectivity index (χ1n) is 12.2. The fraction of sp³-hybridized carbons (Fsp3) is 0.917. The van der Waals surface area contributed by atoms with E-state index < -0.39 is 5.97 Å². The molecule has 4 heteroatoms. The van der Waals surface area contributed by atoms with Crippen LogP contribution in [0, 0.1) is 0 Å². The largest absolute Gasteiger partial charge is 0.481 e. The lowest BCUT2D eigenvalue weighted by molar-refractivity contribution is -0.138. The number of rotatable bonds is 19. The van der Waals surface area contributed by atoms with E-state index >= 15 is 0 Å². The van der Waals surface area contributed by atoms with Crippen molar-refractivity contribution in [1.29, 1.82) is 0 Å². The maximum atomic E-state index is 11.1. The van der Waals surface area contributed by atoms with Gasteiger partial charge >= 0.3 is 5.97 Å². The smallest absolute Gasteiger partial charge is 0.305 e. The summed E-state index contributed by atoms with van der Waals surface area (Å²) < 4.78 is 0. The third-order valence-electron chi connectivity index (χ3n) is 6.04. The van der Waals surface area contributed by atoms with Crippen LogP contribution < -0.4 is 0 Å². The number of carbonyl (C=O) groups is 1. The molecular formula is C24H46N2O2. The van der Waals surface area contributed by atoms with Crippen LogP contribution in [-0.4, -0.2) is 40.9 Å². The van der Waals surface area contributed by atoms with E-state index in [0.717, 1.165) is 31.8 Å². The van der Waals surface area contributed by atoms with Gasteiger partial charge in [-0.2, -0.15) is 0 Å². The van der Waals surface area contributed by atoms with Crippen LogP contribution in [0.1, 0.15) is 123 Å². The quantitative estimate of drug-likeness (QED) is 0.244. The minimum absolute atomic E-state index is 0.116. The highest BCUT2D eigenvalue weighted by molar-refractivity contribution is 5.84. The van der Waals surface area contributed by atoms with E-state index in [9.17, 15) is 4.79 Å². The van der Waals surface area contributed by atoms with E-state index in [-0.39, 0.29) is 12.5 Å². The van der Waals surface area contributed by atoms with Crippen LogP contribution in [0.4, 0.5) is 0 Å². The predicted molar refractivity (Wildman–Crippen MR) is 120 cm³/mol. The van der Waals surface area contributed by atoms with E-state index in [1.165, 1.54) is 89.9 Å². The molecule has 0 saturated heterocycles. The van der Waals surface area contributed by atoms with Crippen molar-refractivity contribution in [3.63, 3.8) is 0 Å². The average Bonchev–Trinajstić information content (AvgIpc) is 3.14. The topological polar surface area (TPSA) is 52.9 Å². The van der Waals surface area contributed by atoms with Crippen LogP contribution in [0.5, 0.6) is 0 Å². The number of nitrogens with zero attached hydrogens (tertiary/aromatic N) is 2. The zero-order valence-electron chi connectivity index (χ0n) is 18.8. The number of carboxylic acids is 1. The molecule has 28 heavy (non-hydrogen) atoms. The minimum atomic E-state index is -0.699. The maximum absolute atomic E-state index is 11.1. The summed E-state index contributed by atoms with van der Waals surface area (Å²) in [5, 5.41) is 9.10. The summed E-state index contributed by atoms with van der Waals surface area (Å²) in [4.78, 5) is 18.0. The van der Waals surface area contributed by atoms with E-state index in [1.807, 2.05) is 0 Å². The SMILES string of the molecule is CCCCCCCCCCCCCCCCC1=NCCN1C(CC)CC(=O)O. The van der Waals surface area contributed by atoms with E-state index in [4.69, 9.17) is 5.11 Å². The highest BCUT2D eigenvalue weighted by atomic mass is 16.4. The molecule has 0 aromatic rings. The van der Waals surface area contributed by atoms with Crippen LogP contribution in [-0.2, 0) is 4.79 Å². The number of hydrogen-bond acceptors (Lipinski definition) is 3.